The number of benzene rings is 2. The molecule has 1 saturated heterocycles. The molecule has 3 rings (SSSR count). The zero-order chi connectivity index (χ0) is 22.5. The van der Waals surface area contributed by atoms with E-state index in [9.17, 15) is 9.90 Å². The van der Waals surface area contributed by atoms with Crippen molar-refractivity contribution in [2.45, 2.75) is 44.4 Å². The number of ether oxygens (including phenoxy) is 1. The first kappa shape index (κ1) is 23.0. The Morgan fingerprint density at radius 3 is 2.13 bits per heavy atom. The SMILES string of the molecule is CC(C)(C)[Si](OCC[C@@H]1[C@@H](CN=[N+]=[N-])OC(=O)[C@@H]1O)(c1ccccc1)c1ccccc1. The molecule has 0 bridgehead atoms. The lowest BCUT2D eigenvalue weighted by Gasteiger charge is -2.43. The predicted octanol–water partition coefficient (Wildman–Crippen LogP) is 3.17. The van der Waals surface area contributed by atoms with Gasteiger partial charge in [0.1, 0.15) is 6.10 Å². The normalized spacial score (nSPS) is 21.4. The zero-order valence-corrected chi connectivity index (χ0v) is 19.1. The van der Waals surface area contributed by atoms with Gasteiger partial charge >= 0.3 is 5.97 Å². The molecule has 8 heteroatoms. The topological polar surface area (TPSA) is 105 Å². The largest absolute Gasteiger partial charge is 0.460 e. The van der Waals surface area contributed by atoms with Crippen LogP contribution in [0.1, 0.15) is 27.2 Å². The number of cyclic esters (lactones) is 1. The average Bonchev–Trinajstić information content (AvgIpc) is 3.03. The summed E-state index contributed by atoms with van der Waals surface area (Å²) >= 11 is 0. The van der Waals surface area contributed by atoms with Crippen molar-refractivity contribution in [2.75, 3.05) is 13.2 Å². The van der Waals surface area contributed by atoms with Gasteiger partial charge < -0.3 is 14.3 Å². The van der Waals surface area contributed by atoms with Crippen molar-refractivity contribution in [3.63, 3.8) is 0 Å². The van der Waals surface area contributed by atoms with Crippen LogP contribution in [0.5, 0.6) is 0 Å². The van der Waals surface area contributed by atoms with Gasteiger partial charge in [-0.1, -0.05) is 86.5 Å². The van der Waals surface area contributed by atoms with E-state index >= 15 is 0 Å². The Bertz CT molecular complexity index is 885. The number of carbonyl (C=O) groups is 1. The molecule has 1 aliphatic heterocycles. The molecule has 0 aliphatic carbocycles. The Labute approximate surface area is 183 Å². The fourth-order valence-electron chi connectivity index (χ4n) is 4.43. The van der Waals surface area contributed by atoms with Crippen LogP contribution in [0.25, 0.3) is 10.4 Å². The summed E-state index contributed by atoms with van der Waals surface area (Å²) in [5, 5.41) is 16.0. The first-order valence-electron chi connectivity index (χ1n) is 10.5. The van der Waals surface area contributed by atoms with Crippen molar-refractivity contribution in [2.24, 2.45) is 11.0 Å². The zero-order valence-electron chi connectivity index (χ0n) is 18.1. The number of aliphatic hydroxyl groups is 1. The predicted molar refractivity (Wildman–Crippen MR) is 122 cm³/mol. The highest BCUT2D eigenvalue weighted by molar-refractivity contribution is 6.99. The van der Waals surface area contributed by atoms with Crippen molar-refractivity contribution in [3.05, 3.63) is 71.1 Å². The Morgan fingerprint density at radius 2 is 1.65 bits per heavy atom. The van der Waals surface area contributed by atoms with Crippen LogP contribution in [0, 0.1) is 5.92 Å². The molecule has 1 aliphatic rings. The first-order chi connectivity index (χ1) is 14.8. The summed E-state index contributed by atoms with van der Waals surface area (Å²) in [5.41, 5.74) is 8.61. The molecule has 0 radical (unpaired) electrons. The highest BCUT2D eigenvalue weighted by atomic mass is 28.4. The second-order valence-electron chi connectivity index (χ2n) is 8.80. The van der Waals surface area contributed by atoms with Crippen LogP contribution in [0.4, 0.5) is 0 Å². The monoisotopic (exact) mass is 439 g/mol. The van der Waals surface area contributed by atoms with Crippen LogP contribution >= 0.6 is 0 Å². The molecule has 0 aromatic heterocycles. The number of carbonyl (C=O) groups excluding carboxylic acids is 1. The number of azide groups is 1. The minimum atomic E-state index is -2.70. The van der Waals surface area contributed by atoms with Gasteiger partial charge in [-0.2, -0.15) is 0 Å². The van der Waals surface area contributed by atoms with Gasteiger partial charge in [-0.25, -0.2) is 4.79 Å². The first-order valence-corrected chi connectivity index (χ1v) is 12.4. The third-order valence-corrected chi connectivity index (χ3v) is 10.9. The summed E-state index contributed by atoms with van der Waals surface area (Å²) in [7, 11) is -2.70. The molecular weight excluding hydrogens is 410 g/mol. The number of esters is 1. The van der Waals surface area contributed by atoms with Crippen molar-refractivity contribution >= 4 is 24.7 Å². The average molecular weight is 440 g/mol. The Kier molecular flexibility index (Phi) is 7.18. The van der Waals surface area contributed by atoms with Crippen LogP contribution in [0.2, 0.25) is 5.04 Å². The second-order valence-corrected chi connectivity index (χ2v) is 13.1. The Balaban J connectivity index is 1.91. The molecule has 164 valence electrons. The van der Waals surface area contributed by atoms with Crippen molar-refractivity contribution in [1.82, 2.24) is 0 Å². The number of nitrogens with zero attached hydrogens (tertiary/aromatic N) is 3. The maximum Gasteiger partial charge on any atom is 0.335 e. The van der Waals surface area contributed by atoms with Crippen LogP contribution in [-0.2, 0) is 14.0 Å². The quantitative estimate of drug-likeness (QED) is 0.224. The van der Waals surface area contributed by atoms with E-state index in [0.29, 0.717) is 13.0 Å². The number of hydrogen-bond donors (Lipinski definition) is 1. The van der Waals surface area contributed by atoms with Gasteiger partial charge in [0.2, 0.25) is 0 Å². The molecule has 1 heterocycles. The molecule has 1 fully saturated rings. The van der Waals surface area contributed by atoms with E-state index in [1.54, 1.807) is 0 Å². The summed E-state index contributed by atoms with van der Waals surface area (Å²) in [6, 6.07) is 20.6. The van der Waals surface area contributed by atoms with Gasteiger partial charge in [-0.15, -0.1) is 0 Å². The van der Waals surface area contributed by atoms with Crippen molar-refractivity contribution in [1.29, 1.82) is 0 Å². The minimum absolute atomic E-state index is 0.00315. The number of hydrogen-bond acceptors (Lipinski definition) is 5. The molecular formula is C23H29N3O4Si. The third kappa shape index (κ3) is 4.67. The summed E-state index contributed by atoms with van der Waals surface area (Å²) in [6.07, 6.45) is -1.45. The van der Waals surface area contributed by atoms with Crippen LogP contribution < -0.4 is 10.4 Å². The lowest BCUT2D eigenvalue weighted by atomic mass is 9.95. The lowest BCUT2D eigenvalue weighted by molar-refractivity contribution is -0.147. The van der Waals surface area contributed by atoms with E-state index < -0.39 is 32.4 Å². The number of rotatable bonds is 8. The molecule has 2 aromatic rings. The molecule has 0 unspecified atom stereocenters. The van der Waals surface area contributed by atoms with Gasteiger partial charge in [-0.05, 0) is 27.4 Å². The molecule has 3 atom stereocenters. The molecule has 0 saturated carbocycles. The van der Waals surface area contributed by atoms with E-state index in [2.05, 4.69) is 55.1 Å². The van der Waals surface area contributed by atoms with Crippen molar-refractivity contribution < 1.29 is 19.1 Å². The van der Waals surface area contributed by atoms with Gasteiger partial charge in [-0.3, -0.25) is 0 Å². The van der Waals surface area contributed by atoms with Crippen LogP contribution in [-0.4, -0.2) is 44.8 Å². The van der Waals surface area contributed by atoms with E-state index in [1.807, 2.05) is 36.4 Å². The Morgan fingerprint density at radius 1 is 1.10 bits per heavy atom. The maximum absolute atomic E-state index is 11.9. The fraction of sp³-hybridized carbons (Fsp3) is 0.435. The third-order valence-electron chi connectivity index (χ3n) is 5.90. The Hall–Kier alpha value is -2.64. The van der Waals surface area contributed by atoms with E-state index in [0.717, 1.165) is 0 Å². The van der Waals surface area contributed by atoms with Crippen LogP contribution in [0.15, 0.2) is 65.8 Å². The van der Waals surface area contributed by atoms with Gasteiger partial charge in [0.15, 0.2) is 6.10 Å². The maximum atomic E-state index is 11.9. The highest BCUT2D eigenvalue weighted by Gasteiger charge is 2.50. The smallest absolute Gasteiger partial charge is 0.335 e. The van der Waals surface area contributed by atoms with Crippen molar-refractivity contribution in [3.8, 4) is 0 Å². The fourth-order valence-corrected chi connectivity index (χ4v) is 9.01. The van der Waals surface area contributed by atoms with E-state index in [1.165, 1.54) is 10.4 Å². The van der Waals surface area contributed by atoms with E-state index in [4.69, 9.17) is 14.7 Å². The molecule has 7 nitrogen and oxygen atoms in total. The molecule has 1 N–H and O–H groups in total. The molecule has 0 spiro atoms. The van der Waals surface area contributed by atoms with E-state index in [-0.39, 0.29) is 11.6 Å². The van der Waals surface area contributed by atoms with Crippen LogP contribution in [0.3, 0.4) is 0 Å². The highest BCUT2D eigenvalue weighted by Crippen LogP contribution is 2.37. The van der Waals surface area contributed by atoms with Gasteiger partial charge in [0, 0.05) is 17.4 Å². The summed E-state index contributed by atoms with van der Waals surface area (Å²) in [4.78, 5) is 14.6. The summed E-state index contributed by atoms with van der Waals surface area (Å²) < 4.78 is 12.0. The van der Waals surface area contributed by atoms with Gasteiger partial charge in [0.05, 0.1) is 6.54 Å². The summed E-state index contributed by atoms with van der Waals surface area (Å²) in [5.74, 6) is -1.15. The molecule has 2 aromatic carbocycles. The minimum Gasteiger partial charge on any atom is -0.460 e. The molecule has 0 amide bonds. The second kappa shape index (κ2) is 9.66. The molecule has 31 heavy (non-hydrogen) atoms. The lowest BCUT2D eigenvalue weighted by Crippen LogP contribution is -2.66. The number of aliphatic hydroxyl groups excluding tert-OH is 1. The van der Waals surface area contributed by atoms with Gasteiger partial charge in [0.25, 0.3) is 8.32 Å². The summed E-state index contributed by atoms with van der Waals surface area (Å²) in [6.45, 7) is 6.93. The standard InChI is InChI=1S/C23H29N3O4Si/c1-23(2,3)31(17-10-6-4-7-11-17,18-12-8-5-9-13-18)29-15-14-19-20(16-25-26-24)30-22(28)21(19)27/h4-13,19-21,27H,14-16H2,1-3H3/t19-,20-,21-/m1/s1.